The van der Waals surface area contributed by atoms with Gasteiger partial charge in [0.1, 0.15) is 0 Å². The second-order valence-electron chi connectivity index (χ2n) is 6.58. The average molecular weight is 313 g/mol. The summed E-state index contributed by atoms with van der Waals surface area (Å²) in [5.41, 5.74) is 0. The fraction of sp³-hybridized carbons (Fsp3) is 0.444. The maximum absolute atomic E-state index is 2.57. The number of benzene rings is 1. The molecule has 96 valence electrons. The first-order chi connectivity index (χ1) is 9.38. The molecule has 1 aromatic carbocycles. The Bertz CT molecular complexity index is 543. The maximum atomic E-state index is 2.57. The van der Waals surface area contributed by atoms with Crippen LogP contribution in [0.1, 0.15) is 12.8 Å². The molecule has 0 nitrogen and oxygen atoms in total. The van der Waals surface area contributed by atoms with Crippen molar-refractivity contribution in [3.63, 3.8) is 0 Å². The summed E-state index contributed by atoms with van der Waals surface area (Å²) >= 11 is 0.632. The van der Waals surface area contributed by atoms with Crippen LogP contribution in [0.25, 0.3) is 0 Å². The molecular formula is C18H18Se. The summed E-state index contributed by atoms with van der Waals surface area (Å²) in [6, 6.07) is 11.3. The van der Waals surface area contributed by atoms with Crippen LogP contribution in [0.2, 0.25) is 4.31 Å². The van der Waals surface area contributed by atoms with Gasteiger partial charge < -0.3 is 0 Å². The Balaban J connectivity index is 1.61. The van der Waals surface area contributed by atoms with Crippen molar-refractivity contribution >= 4 is 19.4 Å². The van der Waals surface area contributed by atoms with Gasteiger partial charge in [-0.3, -0.25) is 0 Å². The van der Waals surface area contributed by atoms with Crippen molar-refractivity contribution in [2.24, 2.45) is 29.6 Å². The van der Waals surface area contributed by atoms with Gasteiger partial charge in [-0.1, -0.05) is 0 Å². The van der Waals surface area contributed by atoms with Crippen LogP contribution in [-0.4, -0.2) is 15.0 Å². The van der Waals surface area contributed by atoms with E-state index >= 15 is 0 Å². The molecule has 1 heteroatoms. The van der Waals surface area contributed by atoms with Crippen LogP contribution in [-0.2, 0) is 0 Å². The topological polar surface area (TPSA) is 0 Å². The molecule has 0 radical (unpaired) electrons. The Morgan fingerprint density at radius 1 is 0.842 bits per heavy atom. The molecule has 0 aliphatic heterocycles. The molecule has 0 amide bonds. The van der Waals surface area contributed by atoms with E-state index in [1.807, 2.05) is 0 Å². The van der Waals surface area contributed by atoms with E-state index in [1.54, 1.807) is 4.46 Å². The van der Waals surface area contributed by atoms with E-state index in [1.165, 1.54) is 12.8 Å². The Morgan fingerprint density at radius 2 is 1.47 bits per heavy atom. The van der Waals surface area contributed by atoms with Crippen LogP contribution in [0, 0.1) is 29.6 Å². The Labute approximate surface area is 121 Å². The van der Waals surface area contributed by atoms with E-state index < -0.39 is 0 Å². The average Bonchev–Trinajstić information content (AvgIpc) is 3.18. The van der Waals surface area contributed by atoms with E-state index in [0.29, 0.717) is 19.3 Å². The molecule has 19 heavy (non-hydrogen) atoms. The quantitative estimate of drug-likeness (QED) is 0.447. The van der Waals surface area contributed by atoms with Crippen molar-refractivity contribution < 1.29 is 0 Å². The van der Waals surface area contributed by atoms with E-state index in [9.17, 15) is 0 Å². The van der Waals surface area contributed by atoms with Gasteiger partial charge in [0.2, 0.25) is 0 Å². The van der Waals surface area contributed by atoms with Crippen molar-refractivity contribution in [1.82, 2.24) is 0 Å². The molecule has 2 saturated carbocycles. The number of allylic oxidation sites excluding steroid dienone is 4. The molecule has 4 atom stereocenters. The Morgan fingerprint density at radius 3 is 2.11 bits per heavy atom. The monoisotopic (exact) mass is 314 g/mol. The second kappa shape index (κ2) is 3.65. The van der Waals surface area contributed by atoms with Crippen molar-refractivity contribution in [3.05, 3.63) is 54.6 Å². The summed E-state index contributed by atoms with van der Waals surface area (Å²) in [4.78, 5) is 0. The molecule has 1 aromatic rings. The molecule has 4 aliphatic rings. The Hall–Kier alpha value is -0.781. The van der Waals surface area contributed by atoms with Gasteiger partial charge in [0.15, 0.2) is 0 Å². The van der Waals surface area contributed by atoms with Crippen LogP contribution < -0.4 is 4.46 Å². The SMILES string of the molecule is C1=CC2CC1C1C3C=CC(C3)C21[Se]c1ccccc1. The minimum absolute atomic E-state index is 0.632. The normalized spacial score (nSPS) is 48.1. The van der Waals surface area contributed by atoms with Gasteiger partial charge in [0, 0.05) is 0 Å². The molecule has 0 spiro atoms. The van der Waals surface area contributed by atoms with E-state index in [-0.39, 0.29) is 0 Å². The van der Waals surface area contributed by atoms with Crippen LogP contribution in [0.3, 0.4) is 0 Å². The minimum atomic E-state index is 0.632. The third-order valence-electron chi connectivity index (χ3n) is 5.87. The molecule has 4 unspecified atom stereocenters. The first-order valence-corrected chi connectivity index (χ1v) is 9.20. The van der Waals surface area contributed by atoms with Crippen LogP contribution in [0.15, 0.2) is 54.6 Å². The predicted octanol–water partition coefficient (Wildman–Crippen LogP) is 3.20. The summed E-state index contributed by atoms with van der Waals surface area (Å²) in [5, 5.41) is 0. The number of hydrogen-bond acceptors (Lipinski definition) is 0. The second-order valence-corrected chi connectivity index (χ2v) is 9.48. The van der Waals surface area contributed by atoms with Gasteiger partial charge in [-0.05, 0) is 0 Å². The predicted molar refractivity (Wildman–Crippen MR) is 79.5 cm³/mol. The number of fused-ring (bicyclic) bond motifs is 9. The molecular weight excluding hydrogens is 295 g/mol. The summed E-state index contributed by atoms with van der Waals surface area (Å²) in [5.74, 6) is 4.52. The van der Waals surface area contributed by atoms with Crippen LogP contribution in [0.4, 0.5) is 0 Å². The zero-order valence-corrected chi connectivity index (χ0v) is 12.6. The van der Waals surface area contributed by atoms with E-state index in [4.69, 9.17) is 0 Å². The van der Waals surface area contributed by atoms with Crippen molar-refractivity contribution in [3.8, 4) is 0 Å². The molecule has 0 aromatic heterocycles. The molecule has 0 saturated heterocycles. The summed E-state index contributed by atoms with van der Waals surface area (Å²) in [6.45, 7) is 0. The van der Waals surface area contributed by atoms with Gasteiger partial charge >= 0.3 is 121 Å². The first-order valence-electron chi connectivity index (χ1n) is 7.48. The van der Waals surface area contributed by atoms with Crippen LogP contribution >= 0.6 is 0 Å². The first kappa shape index (κ1) is 10.9. The van der Waals surface area contributed by atoms with Gasteiger partial charge in [0.05, 0.1) is 0 Å². The third-order valence-corrected chi connectivity index (χ3v) is 9.52. The van der Waals surface area contributed by atoms with Gasteiger partial charge in [0.25, 0.3) is 0 Å². The van der Waals surface area contributed by atoms with E-state index in [0.717, 1.165) is 29.6 Å². The molecule has 2 fully saturated rings. The molecule has 5 rings (SSSR count). The summed E-state index contributed by atoms with van der Waals surface area (Å²) in [7, 11) is 0. The molecule has 0 N–H and O–H groups in total. The fourth-order valence-electron chi connectivity index (χ4n) is 5.32. The van der Waals surface area contributed by atoms with Crippen molar-refractivity contribution in [2.45, 2.75) is 17.2 Å². The molecule has 4 bridgehead atoms. The third kappa shape index (κ3) is 1.26. The molecule has 0 heterocycles. The zero-order valence-electron chi connectivity index (χ0n) is 10.9. The van der Waals surface area contributed by atoms with Crippen molar-refractivity contribution in [1.29, 1.82) is 0 Å². The number of rotatable bonds is 2. The Kier molecular flexibility index (Phi) is 2.10. The van der Waals surface area contributed by atoms with Crippen LogP contribution in [0.5, 0.6) is 0 Å². The fourth-order valence-corrected chi connectivity index (χ4v) is 9.18. The zero-order chi connectivity index (χ0) is 12.4. The van der Waals surface area contributed by atoms with Gasteiger partial charge in [-0.15, -0.1) is 0 Å². The molecule has 4 aliphatic carbocycles. The van der Waals surface area contributed by atoms with Crippen molar-refractivity contribution in [2.75, 3.05) is 0 Å². The number of hydrogen-bond donors (Lipinski definition) is 0. The summed E-state index contributed by atoms with van der Waals surface area (Å²) < 4.78 is 2.24. The van der Waals surface area contributed by atoms with Gasteiger partial charge in [-0.2, -0.15) is 0 Å². The van der Waals surface area contributed by atoms with Gasteiger partial charge in [-0.25, -0.2) is 0 Å². The standard InChI is InChI=1S/C18H18Se/c1-2-4-16(5-3-1)19-18-14-8-6-12(10-14)17(18)13-7-9-15(18)11-13/h1-9,12-15,17H,10-11H2. The summed E-state index contributed by atoms with van der Waals surface area (Å²) in [6.07, 6.45) is 13.1. The van der Waals surface area contributed by atoms with E-state index in [2.05, 4.69) is 54.6 Å².